The monoisotopic (exact) mass is 321 g/mol. The van der Waals surface area contributed by atoms with Gasteiger partial charge in [-0.3, -0.25) is 14.6 Å². The minimum atomic E-state index is -0.686. The number of nitrogens with zero attached hydrogens (tertiary/aromatic N) is 2. The Hall–Kier alpha value is -1.47. The molecule has 0 aliphatic carbocycles. The maximum absolute atomic E-state index is 12.3. The second kappa shape index (κ2) is 8.40. The van der Waals surface area contributed by atoms with Gasteiger partial charge in [-0.1, -0.05) is 18.2 Å². The van der Waals surface area contributed by atoms with Gasteiger partial charge in [0.1, 0.15) is 0 Å². The largest absolute Gasteiger partial charge is 0.394 e. The fraction of sp³-hybridized carbons (Fsp3) is 0.588. The average Bonchev–Trinajstić information content (AvgIpc) is 2.53. The number of rotatable bonds is 6. The maximum atomic E-state index is 12.3. The van der Waals surface area contributed by atoms with Gasteiger partial charge in [0.05, 0.1) is 19.3 Å². The molecule has 1 heterocycles. The second-order valence-electron chi connectivity index (χ2n) is 6.23. The fourth-order valence-corrected chi connectivity index (χ4v) is 2.88. The molecule has 6 heteroatoms. The summed E-state index contributed by atoms with van der Waals surface area (Å²) in [6.45, 7) is 7.82. The third kappa shape index (κ3) is 5.28. The summed E-state index contributed by atoms with van der Waals surface area (Å²) in [5, 5.41) is 21.4. The lowest BCUT2D eigenvalue weighted by Crippen LogP contribution is -2.50. The zero-order chi connectivity index (χ0) is 16.8. The van der Waals surface area contributed by atoms with Crippen molar-refractivity contribution in [2.45, 2.75) is 20.0 Å². The van der Waals surface area contributed by atoms with E-state index in [0.29, 0.717) is 13.1 Å². The number of piperazine rings is 1. The number of hydrogen-bond donors (Lipinski definition) is 3. The Morgan fingerprint density at radius 1 is 1.17 bits per heavy atom. The van der Waals surface area contributed by atoms with Crippen molar-refractivity contribution in [2.24, 2.45) is 0 Å². The average molecular weight is 321 g/mol. The fourth-order valence-electron chi connectivity index (χ4n) is 2.88. The van der Waals surface area contributed by atoms with Crippen LogP contribution in [-0.2, 0) is 4.79 Å². The summed E-state index contributed by atoms with van der Waals surface area (Å²) >= 11 is 0. The predicted molar refractivity (Wildman–Crippen MR) is 90.5 cm³/mol. The number of benzene rings is 1. The smallest absolute Gasteiger partial charge is 0.238 e. The van der Waals surface area contributed by atoms with Gasteiger partial charge in [-0.2, -0.15) is 0 Å². The third-order valence-electron chi connectivity index (χ3n) is 4.26. The number of hydrogen-bond acceptors (Lipinski definition) is 5. The topological polar surface area (TPSA) is 76.0 Å². The van der Waals surface area contributed by atoms with Crippen LogP contribution in [0.3, 0.4) is 0 Å². The normalized spacial score (nSPS) is 17.9. The van der Waals surface area contributed by atoms with E-state index in [1.165, 1.54) is 0 Å². The van der Waals surface area contributed by atoms with Crippen LogP contribution in [0, 0.1) is 13.8 Å². The molecule has 6 nitrogen and oxygen atoms in total. The minimum Gasteiger partial charge on any atom is -0.394 e. The van der Waals surface area contributed by atoms with Crippen LogP contribution in [0.5, 0.6) is 0 Å². The van der Waals surface area contributed by atoms with Crippen LogP contribution in [0.1, 0.15) is 11.1 Å². The van der Waals surface area contributed by atoms with Crippen LogP contribution in [0.4, 0.5) is 5.69 Å². The van der Waals surface area contributed by atoms with Crippen LogP contribution < -0.4 is 5.32 Å². The molecule has 0 saturated carbocycles. The quantitative estimate of drug-likeness (QED) is 0.698. The highest BCUT2D eigenvalue weighted by Gasteiger charge is 2.20. The summed E-state index contributed by atoms with van der Waals surface area (Å²) in [6.07, 6.45) is -0.686. The Morgan fingerprint density at radius 3 is 2.30 bits per heavy atom. The van der Waals surface area contributed by atoms with Gasteiger partial charge in [0.2, 0.25) is 5.91 Å². The molecule has 0 unspecified atom stereocenters. The van der Waals surface area contributed by atoms with E-state index < -0.39 is 6.10 Å². The molecule has 1 aromatic carbocycles. The molecule has 1 aromatic rings. The van der Waals surface area contributed by atoms with Crippen molar-refractivity contribution in [3.63, 3.8) is 0 Å². The summed E-state index contributed by atoms with van der Waals surface area (Å²) in [4.78, 5) is 16.5. The number of amides is 1. The lowest BCUT2D eigenvalue weighted by Gasteiger charge is -2.35. The number of carbonyl (C=O) groups excluding carboxylic acids is 1. The molecule has 0 bridgehead atoms. The zero-order valence-corrected chi connectivity index (χ0v) is 14.0. The van der Waals surface area contributed by atoms with Gasteiger partial charge >= 0.3 is 0 Å². The van der Waals surface area contributed by atoms with Gasteiger partial charge in [0.15, 0.2) is 0 Å². The van der Waals surface area contributed by atoms with Crippen LogP contribution in [0.25, 0.3) is 0 Å². The Kier molecular flexibility index (Phi) is 6.53. The molecule has 3 N–H and O–H groups in total. The van der Waals surface area contributed by atoms with Crippen molar-refractivity contribution in [3.05, 3.63) is 29.3 Å². The van der Waals surface area contributed by atoms with E-state index in [4.69, 9.17) is 5.11 Å². The highest BCUT2D eigenvalue weighted by atomic mass is 16.3. The van der Waals surface area contributed by atoms with Crippen molar-refractivity contribution in [3.8, 4) is 0 Å². The van der Waals surface area contributed by atoms with Crippen molar-refractivity contribution in [2.75, 3.05) is 51.2 Å². The van der Waals surface area contributed by atoms with Gasteiger partial charge < -0.3 is 15.5 Å². The molecule has 0 aromatic heterocycles. The number of aryl methyl sites for hydroxylation is 2. The molecule has 1 aliphatic rings. The van der Waals surface area contributed by atoms with Gasteiger partial charge in [0, 0.05) is 38.4 Å². The first-order valence-electron chi connectivity index (χ1n) is 8.09. The maximum Gasteiger partial charge on any atom is 0.238 e. The Labute approximate surface area is 137 Å². The van der Waals surface area contributed by atoms with Gasteiger partial charge in [0.25, 0.3) is 0 Å². The highest BCUT2D eigenvalue weighted by Crippen LogP contribution is 2.19. The van der Waals surface area contributed by atoms with Crippen molar-refractivity contribution >= 4 is 11.6 Å². The highest BCUT2D eigenvalue weighted by molar-refractivity contribution is 5.93. The molecule has 1 amide bonds. The summed E-state index contributed by atoms with van der Waals surface area (Å²) < 4.78 is 0. The molecule has 0 radical (unpaired) electrons. The van der Waals surface area contributed by atoms with E-state index in [1.807, 2.05) is 32.0 Å². The van der Waals surface area contributed by atoms with Crippen LogP contribution in [0.2, 0.25) is 0 Å². The number of para-hydroxylation sites is 1. The molecule has 23 heavy (non-hydrogen) atoms. The van der Waals surface area contributed by atoms with Crippen molar-refractivity contribution in [1.82, 2.24) is 9.80 Å². The Bertz CT molecular complexity index is 508. The first-order valence-corrected chi connectivity index (χ1v) is 8.09. The molecule has 1 aliphatic heterocycles. The Balaban J connectivity index is 1.79. The molecule has 1 fully saturated rings. The number of β-amino-alcohol motifs (C(OH)–C–C–N with tert-alkyl or cyclic N) is 1. The van der Waals surface area contributed by atoms with Crippen molar-refractivity contribution < 1.29 is 15.0 Å². The second-order valence-corrected chi connectivity index (χ2v) is 6.23. The number of aliphatic hydroxyl groups is 2. The number of nitrogens with one attached hydrogen (secondary N) is 1. The van der Waals surface area contributed by atoms with E-state index in [0.717, 1.165) is 43.0 Å². The number of anilines is 1. The lowest BCUT2D eigenvalue weighted by molar-refractivity contribution is -0.117. The van der Waals surface area contributed by atoms with Gasteiger partial charge in [-0.25, -0.2) is 0 Å². The molecule has 0 spiro atoms. The third-order valence-corrected chi connectivity index (χ3v) is 4.26. The molecule has 128 valence electrons. The van der Waals surface area contributed by atoms with Crippen LogP contribution >= 0.6 is 0 Å². The van der Waals surface area contributed by atoms with E-state index in [1.54, 1.807) is 0 Å². The molecule has 1 saturated heterocycles. The standard InChI is InChI=1S/C17H27N3O3/c1-13-4-3-5-14(2)17(13)18-16(23)11-20-8-6-19(7-9-20)10-15(22)12-21/h3-5,15,21-22H,6-12H2,1-2H3,(H,18,23)/t15-/m0/s1. The first-order chi connectivity index (χ1) is 11.0. The molecular formula is C17H27N3O3. The van der Waals surface area contributed by atoms with E-state index in [-0.39, 0.29) is 12.5 Å². The van der Waals surface area contributed by atoms with Gasteiger partial charge in [-0.05, 0) is 25.0 Å². The SMILES string of the molecule is Cc1cccc(C)c1NC(=O)CN1CCN(C[C@H](O)CO)CC1. The van der Waals surface area contributed by atoms with E-state index in [2.05, 4.69) is 15.1 Å². The lowest BCUT2D eigenvalue weighted by atomic mass is 10.1. The van der Waals surface area contributed by atoms with Crippen LogP contribution in [0.15, 0.2) is 18.2 Å². The van der Waals surface area contributed by atoms with Gasteiger partial charge in [-0.15, -0.1) is 0 Å². The molecular weight excluding hydrogens is 294 g/mol. The molecule has 2 rings (SSSR count). The number of aliphatic hydroxyl groups excluding tert-OH is 2. The minimum absolute atomic E-state index is 0.00578. The summed E-state index contributed by atoms with van der Waals surface area (Å²) in [5.74, 6) is 0.00578. The summed E-state index contributed by atoms with van der Waals surface area (Å²) in [7, 11) is 0. The summed E-state index contributed by atoms with van der Waals surface area (Å²) in [6, 6.07) is 5.97. The van der Waals surface area contributed by atoms with Crippen molar-refractivity contribution in [1.29, 1.82) is 0 Å². The van der Waals surface area contributed by atoms with E-state index >= 15 is 0 Å². The predicted octanol–water partition coefficient (Wildman–Crippen LogP) is 0.213. The first kappa shape index (κ1) is 17.9. The summed E-state index contributed by atoms with van der Waals surface area (Å²) in [5.41, 5.74) is 3.05. The number of carbonyl (C=O) groups is 1. The Morgan fingerprint density at radius 2 is 1.74 bits per heavy atom. The van der Waals surface area contributed by atoms with Crippen LogP contribution in [-0.4, -0.2) is 77.9 Å². The molecule has 1 atom stereocenters. The van der Waals surface area contributed by atoms with E-state index in [9.17, 15) is 9.90 Å². The zero-order valence-electron chi connectivity index (χ0n) is 14.0.